The van der Waals surface area contributed by atoms with Crippen molar-refractivity contribution in [1.29, 1.82) is 0 Å². The van der Waals surface area contributed by atoms with Crippen LogP contribution in [0.25, 0.3) is 0 Å². The van der Waals surface area contributed by atoms with E-state index in [2.05, 4.69) is 0 Å². The van der Waals surface area contributed by atoms with Crippen molar-refractivity contribution >= 4 is 37.7 Å². The second-order valence-corrected chi connectivity index (χ2v) is 0. The van der Waals surface area contributed by atoms with Crippen molar-refractivity contribution in [3.63, 3.8) is 0 Å². The molecule has 5 N–H and O–H groups in total. The van der Waals surface area contributed by atoms with E-state index >= 15 is 0 Å². The predicted octanol–water partition coefficient (Wildman–Crippen LogP) is -1.26. The molecule has 0 unspecified atom stereocenters. The summed E-state index contributed by atoms with van der Waals surface area (Å²) in [6.07, 6.45) is 0. The molecule has 0 aromatic heterocycles. The van der Waals surface area contributed by atoms with Crippen LogP contribution in [0.5, 0.6) is 0 Å². The molecule has 40 valence electrons. The van der Waals surface area contributed by atoms with Gasteiger partial charge in [0.2, 0.25) is 0 Å². The Hall–Kier alpha value is 2.25. The Morgan fingerprint density at radius 2 is 0.429 bits per heavy atom. The van der Waals surface area contributed by atoms with E-state index in [4.69, 9.17) is 0 Å². The van der Waals surface area contributed by atoms with Gasteiger partial charge in [-0.2, -0.15) is 0 Å². The van der Waals surface area contributed by atoms with Crippen LogP contribution in [0, 0.1) is 35.6 Å². The first kappa shape index (κ1) is 124. The molecule has 0 rings (SSSR count). The van der Waals surface area contributed by atoms with Gasteiger partial charge in [-0.25, -0.2) is 0 Å². The Morgan fingerprint density at radius 1 is 0.429 bits per heavy atom. The third-order valence-corrected chi connectivity index (χ3v) is 0. The van der Waals surface area contributed by atoms with Gasteiger partial charge < -0.3 is 27.4 Å². The molecule has 0 amide bonds. The molecule has 0 radical (unpaired) electrons. The largest absolute Gasteiger partial charge is 3.00 e. The van der Waals surface area contributed by atoms with Gasteiger partial charge in [0.05, 0.1) is 0 Å². The van der Waals surface area contributed by atoms with Crippen LogP contribution in [-0.2, 0) is 0 Å². The van der Waals surface area contributed by atoms with Crippen LogP contribution in [-0.4, -0.2) is 65.1 Å². The van der Waals surface area contributed by atoms with E-state index in [0.29, 0.717) is 0 Å². The molecular formula is H5CaLaO5. The molecule has 0 aliphatic rings. The van der Waals surface area contributed by atoms with Crippen molar-refractivity contribution in [3.8, 4) is 0 Å². The minimum Gasteiger partial charge on any atom is -0.870 e. The quantitative estimate of drug-likeness (QED) is 0.500. The zero-order valence-electron chi connectivity index (χ0n) is 3.52. The molecule has 0 aliphatic heterocycles. The predicted molar refractivity (Wildman–Crippen MR) is 15.4 cm³/mol. The molecule has 7 heavy (non-hydrogen) atoms. The van der Waals surface area contributed by atoms with Gasteiger partial charge in [-0.3, -0.25) is 0 Å². The summed E-state index contributed by atoms with van der Waals surface area (Å²) >= 11 is 0. The molecule has 0 saturated heterocycles. The number of rotatable bonds is 0. The zero-order valence-corrected chi connectivity index (χ0v) is 9.35. The van der Waals surface area contributed by atoms with Gasteiger partial charge in [-0.15, -0.1) is 0 Å². The molecule has 0 heterocycles. The monoisotopic (exact) mass is 264 g/mol. The van der Waals surface area contributed by atoms with E-state index in [1.807, 2.05) is 0 Å². The van der Waals surface area contributed by atoms with Crippen LogP contribution < -0.4 is 0 Å². The molecule has 0 fully saturated rings. The zero-order chi connectivity index (χ0) is 0. The van der Waals surface area contributed by atoms with Crippen molar-refractivity contribution in [2.75, 3.05) is 0 Å². The van der Waals surface area contributed by atoms with E-state index in [-0.39, 0.29) is 101 Å². The average Bonchev–Trinajstić information content (AvgIpc) is 0. The van der Waals surface area contributed by atoms with E-state index in [0.717, 1.165) is 0 Å². The van der Waals surface area contributed by atoms with Gasteiger partial charge in [-0.05, 0) is 0 Å². The first-order valence-corrected chi connectivity index (χ1v) is 0. The Bertz CT molecular complexity index is 8.04. The molecule has 0 aromatic carbocycles. The summed E-state index contributed by atoms with van der Waals surface area (Å²) in [7, 11) is 0. The van der Waals surface area contributed by atoms with Crippen LogP contribution in [0.1, 0.15) is 0 Å². The van der Waals surface area contributed by atoms with Crippen LogP contribution >= 0.6 is 0 Å². The summed E-state index contributed by atoms with van der Waals surface area (Å²) in [4.78, 5) is 0. The van der Waals surface area contributed by atoms with Crippen LogP contribution in [0.4, 0.5) is 0 Å². The van der Waals surface area contributed by atoms with Crippen molar-refractivity contribution < 1.29 is 63.0 Å². The van der Waals surface area contributed by atoms with Crippen LogP contribution in [0.15, 0.2) is 0 Å². The van der Waals surface area contributed by atoms with Crippen LogP contribution in [0.2, 0.25) is 0 Å². The summed E-state index contributed by atoms with van der Waals surface area (Å²) in [6.45, 7) is 0. The normalized spacial score (nSPS) is 0. The minimum atomic E-state index is 0. The standard InChI is InChI=1S/Ca.La.5H2O/h;;5*1H2/q+2;+3;;;;;/p-5. The van der Waals surface area contributed by atoms with Gasteiger partial charge >= 0.3 is 73.3 Å². The fourth-order valence-corrected chi connectivity index (χ4v) is 0. The Balaban J connectivity index is 0. The second kappa shape index (κ2) is 85.5. The summed E-state index contributed by atoms with van der Waals surface area (Å²) < 4.78 is 0. The molecular weight excluding hydrogens is 259 g/mol. The van der Waals surface area contributed by atoms with E-state index < -0.39 is 0 Å². The van der Waals surface area contributed by atoms with Crippen molar-refractivity contribution in [1.82, 2.24) is 0 Å². The van der Waals surface area contributed by atoms with Gasteiger partial charge in [0.15, 0.2) is 0 Å². The third kappa shape index (κ3) is 63.5. The smallest absolute Gasteiger partial charge is 0.870 e. The summed E-state index contributed by atoms with van der Waals surface area (Å²) in [5, 5.41) is 0. The second-order valence-electron chi connectivity index (χ2n) is 0. The van der Waals surface area contributed by atoms with E-state index in [1.54, 1.807) is 0 Å². The maximum atomic E-state index is 0. The molecule has 0 atom stereocenters. The summed E-state index contributed by atoms with van der Waals surface area (Å²) in [5.41, 5.74) is 0. The molecule has 7 heteroatoms. The van der Waals surface area contributed by atoms with E-state index in [1.165, 1.54) is 0 Å². The van der Waals surface area contributed by atoms with Crippen LogP contribution in [0.3, 0.4) is 0 Å². The topological polar surface area (TPSA) is 150 Å². The Morgan fingerprint density at radius 3 is 0.429 bits per heavy atom. The van der Waals surface area contributed by atoms with Crippen molar-refractivity contribution in [2.24, 2.45) is 0 Å². The molecule has 0 saturated carbocycles. The average molecular weight is 264 g/mol. The molecule has 0 spiro atoms. The minimum absolute atomic E-state index is 0. The van der Waals surface area contributed by atoms with E-state index in [9.17, 15) is 0 Å². The van der Waals surface area contributed by atoms with Gasteiger partial charge in [0.1, 0.15) is 0 Å². The fourth-order valence-electron chi connectivity index (χ4n) is 0. The number of hydrogen-bond donors (Lipinski definition) is 0. The molecule has 0 aromatic rings. The van der Waals surface area contributed by atoms with Gasteiger partial charge in [0, 0.05) is 0 Å². The van der Waals surface area contributed by atoms with Crippen molar-refractivity contribution in [3.05, 3.63) is 0 Å². The maximum Gasteiger partial charge on any atom is 3.00 e. The summed E-state index contributed by atoms with van der Waals surface area (Å²) in [5.74, 6) is 0. The van der Waals surface area contributed by atoms with Gasteiger partial charge in [-0.1, -0.05) is 0 Å². The maximum absolute atomic E-state index is 0. The van der Waals surface area contributed by atoms with Crippen molar-refractivity contribution in [2.45, 2.75) is 0 Å². The summed E-state index contributed by atoms with van der Waals surface area (Å²) in [6, 6.07) is 0. The van der Waals surface area contributed by atoms with Gasteiger partial charge in [0.25, 0.3) is 0 Å². The Labute approximate surface area is 99.0 Å². The Kier molecular flexibility index (Phi) is 1510. The SMILES string of the molecule is [Ca+2].[La+3].[OH-].[OH-].[OH-].[OH-].[OH-]. The first-order valence-electron chi connectivity index (χ1n) is 0. The molecule has 5 nitrogen and oxygen atoms in total. The molecule has 0 aliphatic carbocycles. The third-order valence-electron chi connectivity index (χ3n) is 0. The molecule has 0 bridgehead atoms. The fraction of sp³-hybridized carbons (Fsp3) is 0. The number of hydrogen-bond acceptors (Lipinski definition) is 5. The first-order chi connectivity index (χ1) is 0.